The van der Waals surface area contributed by atoms with Gasteiger partial charge in [-0.1, -0.05) is 3.89 Å². The molecule has 0 aromatic carbocycles. The van der Waals surface area contributed by atoms with Crippen molar-refractivity contribution in [3.8, 4) is 0 Å². The van der Waals surface area contributed by atoms with Crippen LogP contribution in [0.2, 0.25) is 0 Å². The molecular weight excluding hydrogens is 1000 g/mol. The predicted molar refractivity (Wildman–Crippen MR) is 222 cm³/mol. The number of carbonyl (C=O) groups is 7. The Labute approximate surface area is 417 Å². The van der Waals surface area contributed by atoms with Crippen LogP contribution in [0.25, 0.3) is 0 Å². The van der Waals surface area contributed by atoms with Crippen molar-refractivity contribution in [1.82, 2.24) is 14.7 Å². The second kappa shape index (κ2) is 29.9. The van der Waals surface area contributed by atoms with Gasteiger partial charge in [-0.3, -0.25) is 14.7 Å². The van der Waals surface area contributed by atoms with E-state index in [1.54, 1.807) is 62.3 Å². The maximum absolute atomic E-state index is 12.1. The van der Waals surface area contributed by atoms with Crippen molar-refractivity contribution < 1.29 is 145 Å². The molecule has 3 fully saturated rings. The number of rotatable bonds is 12. The molecule has 0 saturated carbocycles. The smallest absolute Gasteiger partial charge is 0.870 e. The summed E-state index contributed by atoms with van der Waals surface area (Å²) in [6, 6.07) is -2.57. The molecule has 0 aromatic heterocycles. The van der Waals surface area contributed by atoms with E-state index in [1.165, 1.54) is 24.0 Å². The van der Waals surface area contributed by atoms with E-state index in [2.05, 4.69) is 18.9 Å². The number of aliphatic hydroxyl groups excluding tert-OH is 1. The Bertz CT molecular complexity index is 1850. The van der Waals surface area contributed by atoms with E-state index < -0.39 is 112 Å². The first-order chi connectivity index (χ1) is 31.2. The van der Waals surface area contributed by atoms with Gasteiger partial charge in [-0.2, -0.15) is 34.8 Å². The number of nitrogens with zero attached hydrogens (tertiary/aromatic N) is 3. The van der Waals surface area contributed by atoms with Gasteiger partial charge in [0, 0.05) is 44.0 Å². The Morgan fingerprint density at radius 2 is 0.873 bits per heavy atom. The molecule has 0 unspecified atom stereocenters. The molecule has 0 bridgehead atoms. The fourth-order valence-corrected chi connectivity index (χ4v) is 6.39. The van der Waals surface area contributed by atoms with Crippen LogP contribution in [0.4, 0.5) is 44.6 Å². The molecule has 32 heteroatoms. The molecule has 0 aliphatic carbocycles. The molecule has 0 spiro atoms. The standard InChI is InChI=1S/C13H21F2NO5.C12H19F2NO5.C12H21NO5.C2HF3O4S.Li.H2O/c1-13(2,3)21-12(18)16-6-8(7-20-11(14)15)5-9(16)10(17)19-4;1-12(2,3)20-11(18)15-5-7(6-19-10(13)14)4-8(15)9(16)17;1-12(2,3)18-11(16)13-6-8(7-14)5-9(13)10(15)17-4;3-2(4,1(6)7)10(5,8)9;;/h8-9,11H,5-7H2,1-4H3;7-8,10H,4-6H2,1-3H3,(H,16,17);8-9,14H,5-7H2,1-4H3;(H,6,7);;1H2/q;;;;+1;/p-1/t8-,9-;7-,8-;8-,9-;;;/m000.../s1. The van der Waals surface area contributed by atoms with Crippen LogP contribution in [0, 0.1) is 17.8 Å². The van der Waals surface area contributed by atoms with Crippen molar-refractivity contribution in [3.05, 3.63) is 0 Å². The zero-order valence-electron chi connectivity index (χ0n) is 41.2. The molecule has 6 atom stereocenters. The summed E-state index contributed by atoms with van der Waals surface area (Å²) in [5.74, 6) is -6.21. The number of alkyl halides is 6. The number of ether oxygens (including phenoxy) is 7. The summed E-state index contributed by atoms with van der Waals surface area (Å²) in [5.41, 5.74) is -2.08. The van der Waals surface area contributed by atoms with Gasteiger partial charge in [0.05, 0.1) is 27.4 Å². The molecule has 3 saturated heterocycles. The van der Waals surface area contributed by atoms with E-state index >= 15 is 0 Å². The molecule has 410 valence electrons. The molecule has 4 N–H and O–H groups in total. The van der Waals surface area contributed by atoms with Crippen LogP contribution < -0.4 is 18.9 Å². The quantitative estimate of drug-likeness (QED) is 0.0820. The van der Waals surface area contributed by atoms with Gasteiger partial charge in [-0.05, 0) is 81.6 Å². The number of carbonyl (C=O) groups excluding carboxylic acids is 5. The third-order valence-corrected chi connectivity index (χ3v) is 9.80. The topological polar surface area (TPSA) is 319 Å². The van der Waals surface area contributed by atoms with E-state index in [0.29, 0.717) is 13.0 Å². The van der Waals surface area contributed by atoms with Crippen molar-refractivity contribution in [2.45, 2.75) is 135 Å². The number of amides is 3. The monoisotopic (exact) mass is 1070 g/mol. The number of esters is 2. The normalized spacial score (nSPS) is 21.1. The molecule has 3 amide bonds. The van der Waals surface area contributed by atoms with Crippen molar-refractivity contribution in [2.75, 3.05) is 53.7 Å². The van der Waals surface area contributed by atoms with Crippen LogP contribution in [-0.4, -0.2) is 193 Å². The largest absolute Gasteiger partial charge is 1.00 e. The Balaban J connectivity index is -0.000000884. The van der Waals surface area contributed by atoms with E-state index in [1.807, 2.05) is 0 Å². The number of halogens is 7. The first-order valence-corrected chi connectivity index (χ1v) is 21.9. The Morgan fingerprint density at radius 1 is 0.592 bits per heavy atom. The van der Waals surface area contributed by atoms with Crippen LogP contribution in [0.5, 0.6) is 0 Å². The average Bonchev–Trinajstić information content (AvgIpc) is 3.95. The molecule has 3 rings (SSSR count). The molecule has 3 aliphatic rings. The Hall–Kier alpha value is -4.41. The SMILES string of the molecule is CC(C)(C)OC(=O)N1C[C@@H](COC(F)F)C[C@H]1C(=O)O.COC(=O)[C@@H]1C[C@H](CO)CN1C(=O)OC(C)(C)C.COC(=O)[C@@H]1C[C@H](COC(F)F)CN1C(=O)OC(C)(C)C.O=C(O)C(F)(F)S(=O)(=O)F.[Li+].[OH-]. The number of aliphatic hydroxyl groups is 1. The Kier molecular flexibility index (Phi) is 29.9. The minimum absolute atomic E-state index is 0. The van der Waals surface area contributed by atoms with E-state index in [-0.39, 0.29) is 81.9 Å². The molecular formula is C39H63F7LiN3O20S. The third kappa shape index (κ3) is 25.7. The van der Waals surface area contributed by atoms with Gasteiger partial charge in [-0.15, -0.1) is 0 Å². The second-order valence-electron chi connectivity index (χ2n) is 18.3. The zero-order chi connectivity index (χ0) is 54.2. The average molecular weight is 1070 g/mol. The number of carboxylic acid groups (broad SMARTS) is 2. The van der Waals surface area contributed by atoms with Crippen LogP contribution in [0.15, 0.2) is 0 Å². The first-order valence-electron chi connectivity index (χ1n) is 20.5. The van der Waals surface area contributed by atoms with Crippen LogP contribution in [0.1, 0.15) is 81.6 Å². The van der Waals surface area contributed by atoms with Crippen LogP contribution in [-0.2, 0) is 62.6 Å². The van der Waals surface area contributed by atoms with E-state index in [4.69, 9.17) is 29.5 Å². The summed E-state index contributed by atoms with van der Waals surface area (Å²) in [4.78, 5) is 83.3. The predicted octanol–water partition coefficient (Wildman–Crippen LogP) is 1.53. The third-order valence-electron chi connectivity index (χ3n) is 9.01. The summed E-state index contributed by atoms with van der Waals surface area (Å²) in [5, 5.41) is 20.3. The van der Waals surface area contributed by atoms with Gasteiger partial charge in [0.2, 0.25) is 0 Å². The number of methoxy groups -OCH3 is 2. The summed E-state index contributed by atoms with van der Waals surface area (Å²) in [6.07, 6.45) is -1.29. The molecule has 23 nitrogen and oxygen atoms in total. The Morgan fingerprint density at radius 3 is 1.10 bits per heavy atom. The molecule has 3 aliphatic heterocycles. The van der Waals surface area contributed by atoms with Gasteiger partial charge < -0.3 is 54.0 Å². The minimum Gasteiger partial charge on any atom is -0.870 e. The van der Waals surface area contributed by atoms with Gasteiger partial charge in [0.25, 0.3) is 0 Å². The first kappa shape index (κ1) is 70.8. The fourth-order valence-electron chi connectivity index (χ4n) is 6.18. The van der Waals surface area contributed by atoms with Crippen molar-refractivity contribution in [2.24, 2.45) is 17.8 Å². The number of hydrogen-bond donors (Lipinski definition) is 3. The molecule has 3 heterocycles. The van der Waals surface area contributed by atoms with Gasteiger partial charge in [0.15, 0.2) is 0 Å². The maximum atomic E-state index is 12.1. The van der Waals surface area contributed by atoms with Crippen molar-refractivity contribution in [1.29, 1.82) is 0 Å². The summed E-state index contributed by atoms with van der Waals surface area (Å²) in [6.45, 7) is 9.45. The minimum atomic E-state index is -6.33. The van der Waals surface area contributed by atoms with Gasteiger partial charge >= 0.3 is 89.7 Å². The van der Waals surface area contributed by atoms with Crippen molar-refractivity contribution in [3.63, 3.8) is 0 Å². The van der Waals surface area contributed by atoms with E-state index in [0.717, 1.165) is 4.90 Å². The maximum Gasteiger partial charge on any atom is 1.00 e. The molecule has 0 aromatic rings. The van der Waals surface area contributed by atoms with Crippen LogP contribution >= 0.6 is 0 Å². The summed E-state index contributed by atoms with van der Waals surface area (Å²) < 4.78 is 134. The van der Waals surface area contributed by atoms with Crippen molar-refractivity contribution >= 4 is 52.4 Å². The molecule has 0 radical (unpaired) electrons. The number of likely N-dealkylation sites (tertiary alicyclic amines) is 3. The van der Waals surface area contributed by atoms with Gasteiger partial charge in [-0.25, -0.2) is 33.6 Å². The zero-order valence-corrected chi connectivity index (χ0v) is 42.0. The summed E-state index contributed by atoms with van der Waals surface area (Å²) in [7, 11) is -3.85. The number of carboxylic acids is 2. The van der Waals surface area contributed by atoms with E-state index in [9.17, 15) is 72.2 Å². The second-order valence-corrected chi connectivity index (χ2v) is 19.7. The fraction of sp³-hybridized carbons (Fsp3) is 0.821. The number of hydrogen-bond acceptors (Lipinski definition) is 18. The van der Waals surface area contributed by atoms with Gasteiger partial charge in [0.1, 0.15) is 34.9 Å². The van der Waals surface area contributed by atoms with Crippen LogP contribution in [0.3, 0.4) is 0 Å². The molecule has 71 heavy (non-hydrogen) atoms. The summed E-state index contributed by atoms with van der Waals surface area (Å²) >= 11 is 0. The number of aliphatic carboxylic acids is 2.